The second-order valence-corrected chi connectivity index (χ2v) is 4.52. The molecule has 0 aliphatic rings. The molecule has 0 spiro atoms. The fourth-order valence-corrected chi connectivity index (χ4v) is 1.86. The van der Waals surface area contributed by atoms with Crippen molar-refractivity contribution in [1.29, 1.82) is 0 Å². The summed E-state index contributed by atoms with van der Waals surface area (Å²) < 4.78 is 27.2. The van der Waals surface area contributed by atoms with Crippen LogP contribution in [0, 0.1) is 11.6 Å². The van der Waals surface area contributed by atoms with E-state index in [0.717, 1.165) is 0 Å². The lowest BCUT2D eigenvalue weighted by molar-refractivity contribution is 0.245. The van der Waals surface area contributed by atoms with Crippen molar-refractivity contribution in [3.63, 3.8) is 0 Å². The number of nitrogens with two attached hydrogens (primary N) is 1. The largest absolute Gasteiger partial charge is 0.396 e. The molecule has 1 aromatic rings. The van der Waals surface area contributed by atoms with Crippen LogP contribution in [0.2, 0.25) is 0 Å². The third-order valence-corrected chi connectivity index (χ3v) is 2.66. The molecule has 0 fully saturated rings. The summed E-state index contributed by atoms with van der Waals surface area (Å²) in [5, 5.41) is 8.94. The monoisotopic (exact) mass is 229 g/mol. The molecular formula is C12H17F2NO. The van der Waals surface area contributed by atoms with E-state index in [4.69, 9.17) is 10.8 Å². The fourth-order valence-electron chi connectivity index (χ4n) is 1.86. The Labute approximate surface area is 94.1 Å². The van der Waals surface area contributed by atoms with E-state index in [-0.39, 0.29) is 18.6 Å². The highest BCUT2D eigenvalue weighted by Crippen LogP contribution is 2.32. The number of aliphatic hydroxyl groups is 1. The molecule has 1 atom stereocenters. The summed E-state index contributed by atoms with van der Waals surface area (Å²) in [4.78, 5) is 0. The Morgan fingerprint density at radius 3 is 2.19 bits per heavy atom. The topological polar surface area (TPSA) is 46.2 Å². The molecule has 0 bridgehead atoms. The molecule has 90 valence electrons. The van der Waals surface area contributed by atoms with E-state index in [1.165, 1.54) is 18.2 Å². The first-order valence-corrected chi connectivity index (χ1v) is 5.21. The zero-order valence-electron chi connectivity index (χ0n) is 9.50. The average molecular weight is 229 g/mol. The molecule has 1 aromatic carbocycles. The molecule has 4 heteroatoms. The number of hydrogen-bond acceptors (Lipinski definition) is 2. The summed E-state index contributed by atoms with van der Waals surface area (Å²) in [6.45, 7) is 3.23. The lowest BCUT2D eigenvalue weighted by atomic mass is 9.80. The highest BCUT2D eigenvalue weighted by atomic mass is 19.1. The van der Waals surface area contributed by atoms with E-state index in [2.05, 4.69) is 0 Å². The molecule has 3 N–H and O–H groups in total. The van der Waals surface area contributed by atoms with Crippen molar-refractivity contribution in [2.45, 2.75) is 31.7 Å². The van der Waals surface area contributed by atoms with E-state index in [9.17, 15) is 8.78 Å². The highest BCUT2D eigenvalue weighted by molar-refractivity contribution is 5.26. The second-order valence-electron chi connectivity index (χ2n) is 4.52. The summed E-state index contributed by atoms with van der Waals surface area (Å²) in [6.07, 6.45) is 0.237. The van der Waals surface area contributed by atoms with Crippen LogP contribution in [0.1, 0.15) is 31.7 Å². The van der Waals surface area contributed by atoms with E-state index in [1.54, 1.807) is 13.8 Å². The SMILES string of the molecule is CC(C)(N)C(CCO)c1c(F)cccc1F. The predicted molar refractivity (Wildman–Crippen MR) is 59.1 cm³/mol. The summed E-state index contributed by atoms with van der Waals surface area (Å²) in [5.41, 5.74) is 5.07. The molecule has 0 radical (unpaired) electrons. The molecule has 0 saturated heterocycles. The Kier molecular flexibility index (Phi) is 3.99. The molecular weight excluding hydrogens is 212 g/mol. The van der Waals surface area contributed by atoms with E-state index < -0.39 is 23.1 Å². The quantitative estimate of drug-likeness (QED) is 0.831. The maximum absolute atomic E-state index is 13.6. The van der Waals surface area contributed by atoms with Crippen molar-refractivity contribution >= 4 is 0 Å². The summed E-state index contributed by atoms with van der Waals surface area (Å²) in [7, 11) is 0. The Morgan fingerprint density at radius 2 is 1.81 bits per heavy atom. The minimum atomic E-state index is -0.786. The Balaban J connectivity index is 3.21. The van der Waals surface area contributed by atoms with Crippen molar-refractivity contribution in [2.24, 2.45) is 5.73 Å². The van der Waals surface area contributed by atoms with Crippen LogP contribution in [-0.4, -0.2) is 17.3 Å². The van der Waals surface area contributed by atoms with E-state index in [1.807, 2.05) is 0 Å². The Bertz CT molecular complexity index is 340. The maximum Gasteiger partial charge on any atom is 0.129 e. The lowest BCUT2D eigenvalue weighted by Crippen LogP contribution is -2.40. The van der Waals surface area contributed by atoms with Crippen molar-refractivity contribution in [2.75, 3.05) is 6.61 Å². The fraction of sp³-hybridized carbons (Fsp3) is 0.500. The number of rotatable bonds is 4. The minimum absolute atomic E-state index is 0.0379. The van der Waals surface area contributed by atoms with Gasteiger partial charge >= 0.3 is 0 Å². The first kappa shape index (κ1) is 13.1. The molecule has 0 aromatic heterocycles. The van der Waals surface area contributed by atoms with Gasteiger partial charge in [0, 0.05) is 23.6 Å². The minimum Gasteiger partial charge on any atom is -0.396 e. The molecule has 0 heterocycles. The van der Waals surface area contributed by atoms with Gasteiger partial charge in [0.1, 0.15) is 11.6 Å². The van der Waals surface area contributed by atoms with Crippen LogP contribution in [0.4, 0.5) is 8.78 Å². The summed E-state index contributed by atoms with van der Waals surface area (Å²) in [5.74, 6) is -1.77. The van der Waals surface area contributed by atoms with Gasteiger partial charge in [-0.25, -0.2) is 8.78 Å². The van der Waals surface area contributed by atoms with Gasteiger partial charge in [0.2, 0.25) is 0 Å². The van der Waals surface area contributed by atoms with Gasteiger partial charge in [-0.1, -0.05) is 6.07 Å². The second kappa shape index (κ2) is 4.89. The van der Waals surface area contributed by atoms with Gasteiger partial charge in [-0.2, -0.15) is 0 Å². The predicted octanol–water partition coefficient (Wildman–Crippen LogP) is 2.17. The van der Waals surface area contributed by atoms with Crippen molar-refractivity contribution < 1.29 is 13.9 Å². The average Bonchev–Trinajstić information content (AvgIpc) is 2.14. The first-order chi connectivity index (χ1) is 7.38. The van der Waals surface area contributed by atoms with Crippen LogP contribution in [0.25, 0.3) is 0 Å². The van der Waals surface area contributed by atoms with Crippen molar-refractivity contribution in [1.82, 2.24) is 0 Å². The lowest BCUT2D eigenvalue weighted by Gasteiger charge is -2.31. The summed E-state index contributed by atoms with van der Waals surface area (Å²) in [6, 6.07) is 3.72. The maximum atomic E-state index is 13.6. The number of halogens is 2. The van der Waals surface area contributed by atoms with Crippen LogP contribution in [0.5, 0.6) is 0 Å². The molecule has 1 rings (SSSR count). The van der Waals surface area contributed by atoms with E-state index in [0.29, 0.717) is 0 Å². The van der Waals surface area contributed by atoms with Gasteiger partial charge in [-0.15, -0.1) is 0 Å². The standard InChI is InChI=1S/C12H17F2NO/c1-12(2,15)8(6-7-16)11-9(13)4-3-5-10(11)14/h3-5,8,16H,6-7,15H2,1-2H3. The van der Waals surface area contributed by atoms with Gasteiger partial charge in [-0.3, -0.25) is 0 Å². The van der Waals surface area contributed by atoms with Gasteiger partial charge in [0.05, 0.1) is 0 Å². The zero-order chi connectivity index (χ0) is 12.3. The Morgan fingerprint density at radius 1 is 1.31 bits per heavy atom. The van der Waals surface area contributed by atoms with Crippen molar-refractivity contribution in [3.05, 3.63) is 35.4 Å². The van der Waals surface area contributed by atoms with Gasteiger partial charge in [-0.05, 0) is 32.4 Å². The Hall–Kier alpha value is -1.00. The van der Waals surface area contributed by atoms with Crippen LogP contribution in [0.3, 0.4) is 0 Å². The zero-order valence-corrected chi connectivity index (χ0v) is 9.50. The summed E-state index contributed by atoms with van der Waals surface area (Å²) >= 11 is 0. The van der Waals surface area contributed by atoms with Gasteiger partial charge in [0.25, 0.3) is 0 Å². The van der Waals surface area contributed by atoms with Gasteiger partial charge in [0.15, 0.2) is 0 Å². The molecule has 2 nitrogen and oxygen atoms in total. The normalized spacial score (nSPS) is 13.9. The molecule has 0 saturated carbocycles. The number of aliphatic hydroxyl groups excluding tert-OH is 1. The highest BCUT2D eigenvalue weighted by Gasteiger charge is 2.30. The van der Waals surface area contributed by atoms with Gasteiger partial charge < -0.3 is 10.8 Å². The number of hydrogen-bond donors (Lipinski definition) is 2. The number of benzene rings is 1. The molecule has 0 aliphatic carbocycles. The smallest absolute Gasteiger partial charge is 0.129 e. The van der Waals surface area contributed by atoms with Crippen LogP contribution in [-0.2, 0) is 0 Å². The van der Waals surface area contributed by atoms with Crippen LogP contribution < -0.4 is 5.73 Å². The third-order valence-electron chi connectivity index (χ3n) is 2.66. The molecule has 0 aliphatic heterocycles. The van der Waals surface area contributed by atoms with Crippen LogP contribution in [0.15, 0.2) is 18.2 Å². The third kappa shape index (κ3) is 2.77. The molecule has 16 heavy (non-hydrogen) atoms. The first-order valence-electron chi connectivity index (χ1n) is 5.21. The molecule has 1 unspecified atom stereocenters. The van der Waals surface area contributed by atoms with Crippen LogP contribution >= 0.6 is 0 Å². The molecule has 0 amide bonds. The van der Waals surface area contributed by atoms with Crippen molar-refractivity contribution in [3.8, 4) is 0 Å². The van der Waals surface area contributed by atoms with E-state index >= 15 is 0 Å².